The number of likely N-dealkylation sites (N-methyl/N-ethyl adjacent to an activating group) is 1. The number of nitrogens with one attached hydrogen (secondary N) is 2. The normalized spacial score (nSPS) is 27.0. The second kappa shape index (κ2) is 9.90. The number of benzene rings is 2. The minimum atomic E-state index is -1.02. The van der Waals surface area contributed by atoms with Crippen LogP contribution in [0, 0.1) is 17.0 Å². The summed E-state index contributed by atoms with van der Waals surface area (Å²) >= 11 is 0. The lowest BCUT2D eigenvalue weighted by Crippen LogP contribution is -2.54. The van der Waals surface area contributed by atoms with E-state index in [1.165, 1.54) is 21.9 Å². The SMILES string of the molecule is C[C@@H]1c2cc(NC(=O)CN3C(=O)C4(CCOCC4)CCC3c3cc(F)cc(F)c3)ccc2CC12C(=O)NC(=O)N2C. The number of amides is 5. The Morgan fingerprint density at radius 2 is 1.78 bits per heavy atom. The molecule has 11 heteroatoms. The molecule has 4 aliphatic rings. The number of carbonyl (C=O) groups is 4. The lowest BCUT2D eigenvalue weighted by atomic mass is 9.70. The molecule has 2 N–H and O–H groups in total. The lowest BCUT2D eigenvalue weighted by molar-refractivity contribution is -0.159. The van der Waals surface area contributed by atoms with Crippen LogP contribution in [0.25, 0.3) is 0 Å². The van der Waals surface area contributed by atoms with Crippen molar-refractivity contribution < 1.29 is 32.7 Å². The molecule has 0 radical (unpaired) electrons. The third kappa shape index (κ3) is 4.37. The molecule has 6 rings (SSSR count). The van der Waals surface area contributed by atoms with Gasteiger partial charge < -0.3 is 19.9 Å². The summed E-state index contributed by atoms with van der Waals surface area (Å²) in [6, 6.07) is 7.49. The third-order valence-electron chi connectivity index (χ3n) is 9.61. The van der Waals surface area contributed by atoms with Gasteiger partial charge in [-0.3, -0.25) is 19.7 Å². The number of carbonyl (C=O) groups excluding carboxylic acids is 4. The molecule has 0 aromatic heterocycles. The molecule has 3 heterocycles. The molecule has 41 heavy (non-hydrogen) atoms. The molecule has 3 saturated heterocycles. The molecule has 3 fully saturated rings. The topological polar surface area (TPSA) is 108 Å². The highest BCUT2D eigenvalue weighted by atomic mass is 19.1. The number of piperidine rings is 1. The van der Waals surface area contributed by atoms with E-state index in [0.717, 1.165) is 17.2 Å². The molecule has 3 atom stereocenters. The molecule has 2 aromatic carbocycles. The fourth-order valence-electron chi connectivity index (χ4n) is 7.25. The van der Waals surface area contributed by atoms with Crippen LogP contribution in [-0.4, -0.2) is 65.9 Å². The molecule has 9 nitrogen and oxygen atoms in total. The summed E-state index contributed by atoms with van der Waals surface area (Å²) in [6.45, 7) is 2.48. The summed E-state index contributed by atoms with van der Waals surface area (Å²) in [5.74, 6) is -2.79. The van der Waals surface area contributed by atoms with Gasteiger partial charge in [-0.15, -0.1) is 0 Å². The molecule has 2 unspecified atom stereocenters. The number of nitrogens with zero attached hydrogens (tertiary/aromatic N) is 2. The molecule has 1 aliphatic carbocycles. The van der Waals surface area contributed by atoms with Crippen molar-refractivity contribution in [3.05, 3.63) is 64.7 Å². The first-order chi connectivity index (χ1) is 19.5. The van der Waals surface area contributed by atoms with Crippen molar-refractivity contribution in [3.8, 4) is 0 Å². The second-order valence-electron chi connectivity index (χ2n) is 11.7. The van der Waals surface area contributed by atoms with Crippen molar-refractivity contribution in [1.29, 1.82) is 0 Å². The maximum atomic E-state index is 14.1. The van der Waals surface area contributed by atoms with E-state index in [4.69, 9.17) is 4.74 Å². The number of hydrogen-bond acceptors (Lipinski definition) is 5. The summed E-state index contributed by atoms with van der Waals surface area (Å²) in [7, 11) is 1.60. The van der Waals surface area contributed by atoms with Crippen LogP contribution in [0.4, 0.5) is 19.3 Å². The Hall–Kier alpha value is -3.86. The van der Waals surface area contributed by atoms with E-state index >= 15 is 0 Å². The number of fused-ring (bicyclic) bond motifs is 1. The maximum Gasteiger partial charge on any atom is 0.324 e. The van der Waals surface area contributed by atoms with E-state index in [1.807, 2.05) is 13.0 Å². The quantitative estimate of drug-likeness (QED) is 0.550. The molecule has 2 aromatic rings. The number of ether oxygens (including phenoxy) is 1. The van der Waals surface area contributed by atoms with Crippen molar-refractivity contribution in [1.82, 2.24) is 15.1 Å². The number of imide groups is 1. The second-order valence-corrected chi connectivity index (χ2v) is 11.7. The van der Waals surface area contributed by atoms with Crippen LogP contribution >= 0.6 is 0 Å². The van der Waals surface area contributed by atoms with Gasteiger partial charge in [-0.1, -0.05) is 13.0 Å². The number of hydrogen-bond donors (Lipinski definition) is 2. The van der Waals surface area contributed by atoms with Gasteiger partial charge in [0.15, 0.2) is 0 Å². The Labute approximate surface area is 236 Å². The summed E-state index contributed by atoms with van der Waals surface area (Å²) in [5.41, 5.74) is 0.882. The summed E-state index contributed by atoms with van der Waals surface area (Å²) in [5, 5.41) is 5.27. The first kappa shape index (κ1) is 27.3. The molecule has 3 aliphatic heterocycles. The zero-order valence-corrected chi connectivity index (χ0v) is 23.0. The monoisotopic (exact) mass is 566 g/mol. The number of likely N-dealkylation sites (tertiary alicyclic amines) is 1. The average Bonchev–Trinajstić information content (AvgIpc) is 3.34. The first-order valence-electron chi connectivity index (χ1n) is 13.9. The van der Waals surface area contributed by atoms with Gasteiger partial charge in [0.1, 0.15) is 23.7 Å². The van der Waals surface area contributed by atoms with Crippen LogP contribution in [-0.2, 0) is 25.5 Å². The van der Waals surface area contributed by atoms with Gasteiger partial charge in [-0.2, -0.15) is 0 Å². The predicted molar refractivity (Wildman–Crippen MR) is 144 cm³/mol. The van der Waals surface area contributed by atoms with E-state index in [-0.39, 0.29) is 24.3 Å². The fraction of sp³-hybridized carbons (Fsp3) is 0.467. The molecule has 2 spiro atoms. The zero-order chi connectivity index (χ0) is 29.1. The van der Waals surface area contributed by atoms with Gasteiger partial charge in [0, 0.05) is 44.4 Å². The highest BCUT2D eigenvalue weighted by molar-refractivity contribution is 6.08. The van der Waals surface area contributed by atoms with Crippen LogP contribution in [0.2, 0.25) is 0 Å². The van der Waals surface area contributed by atoms with Crippen molar-refractivity contribution in [3.63, 3.8) is 0 Å². The summed E-state index contributed by atoms with van der Waals surface area (Å²) in [6.07, 6.45) is 2.44. The number of anilines is 1. The van der Waals surface area contributed by atoms with Gasteiger partial charge >= 0.3 is 6.03 Å². The number of urea groups is 1. The van der Waals surface area contributed by atoms with Gasteiger partial charge in [0.05, 0.1) is 11.5 Å². The minimum Gasteiger partial charge on any atom is -0.381 e. The molecular weight excluding hydrogens is 534 g/mol. The average molecular weight is 567 g/mol. The summed E-state index contributed by atoms with van der Waals surface area (Å²) in [4.78, 5) is 55.2. The van der Waals surface area contributed by atoms with Gasteiger partial charge in [-0.05, 0) is 66.6 Å². The first-order valence-corrected chi connectivity index (χ1v) is 13.9. The van der Waals surface area contributed by atoms with Crippen molar-refractivity contribution in [2.75, 3.05) is 32.1 Å². The maximum absolute atomic E-state index is 14.1. The number of halogens is 2. The van der Waals surface area contributed by atoms with E-state index in [2.05, 4.69) is 10.6 Å². The highest BCUT2D eigenvalue weighted by Crippen LogP contribution is 2.48. The molecule has 5 amide bonds. The van der Waals surface area contributed by atoms with E-state index in [9.17, 15) is 28.0 Å². The fourth-order valence-corrected chi connectivity index (χ4v) is 7.25. The van der Waals surface area contributed by atoms with Crippen LogP contribution in [0.15, 0.2) is 36.4 Å². The number of rotatable bonds is 4. The smallest absolute Gasteiger partial charge is 0.324 e. The van der Waals surface area contributed by atoms with Crippen molar-refractivity contribution in [2.45, 2.75) is 56.5 Å². The van der Waals surface area contributed by atoms with Crippen molar-refractivity contribution in [2.24, 2.45) is 5.41 Å². The van der Waals surface area contributed by atoms with Crippen LogP contribution in [0.3, 0.4) is 0 Å². The Morgan fingerprint density at radius 3 is 2.44 bits per heavy atom. The molecule has 216 valence electrons. The van der Waals surface area contributed by atoms with Crippen LogP contribution in [0.1, 0.15) is 61.3 Å². The van der Waals surface area contributed by atoms with Gasteiger partial charge in [0.25, 0.3) is 5.91 Å². The molecule has 0 bridgehead atoms. The minimum absolute atomic E-state index is 0.207. The Bertz CT molecular complexity index is 1440. The Kier molecular flexibility index (Phi) is 6.60. The molecule has 0 saturated carbocycles. The van der Waals surface area contributed by atoms with E-state index < -0.39 is 40.6 Å². The van der Waals surface area contributed by atoms with Gasteiger partial charge in [-0.25, -0.2) is 13.6 Å². The van der Waals surface area contributed by atoms with Crippen LogP contribution in [0.5, 0.6) is 0 Å². The zero-order valence-electron chi connectivity index (χ0n) is 23.0. The Morgan fingerprint density at radius 1 is 1.07 bits per heavy atom. The van der Waals surface area contributed by atoms with E-state index in [1.54, 1.807) is 19.2 Å². The third-order valence-corrected chi connectivity index (χ3v) is 9.61. The predicted octanol–water partition coefficient (Wildman–Crippen LogP) is 3.64. The Balaban J connectivity index is 1.24. The largest absolute Gasteiger partial charge is 0.381 e. The van der Waals surface area contributed by atoms with Crippen LogP contribution < -0.4 is 10.6 Å². The highest BCUT2D eigenvalue weighted by Gasteiger charge is 2.58. The summed E-state index contributed by atoms with van der Waals surface area (Å²) < 4.78 is 33.8. The van der Waals surface area contributed by atoms with Crippen molar-refractivity contribution >= 4 is 29.4 Å². The lowest BCUT2D eigenvalue weighted by Gasteiger charge is -2.47. The van der Waals surface area contributed by atoms with Gasteiger partial charge in [0.2, 0.25) is 11.8 Å². The van der Waals surface area contributed by atoms with E-state index in [0.29, 0.717) is 56.6 Å². The standard InChI is InChI=1S/C30H32F2N4O5/c1-17-23-14-22(4-3-18(23)15-30(17)26(38)34-28(40)35(30)2)33-25(37)16-36-24(19-11-20(31)13-21(32)12-19)5-6-29(27(36)39)7-9-41-10-8-29/h3-4,11-14,17,24H,5-10,15-16H2,1-2H3,(H,33,37)(H,34,38,40)/t17-,24?,30?/m1/s1. The molecular formula is C30H32F2N4O5.